The fourth-order valence-corrected chi connectivity index (χ4v) is 5.45. The third-order valence-electron chi connectivity index (χ3n) is 3.31. The Morgan fingerprint density at radius 1 is 1.33 bits per heavy atom. The van der Waals surface area contributed by atoms with E-state index in [0.717, 1.165) is 15.3 Å². The second kappa shape index (κ2) is 6.13. The van der Waals surface area contributed by atoms with Crippen LogP contribution in [0.3, 0.4) is 0 Å². The minimum atomic E-state index is -3.48. The molecule has 3 rings (SSSR count). The Morgan fingerprint density at radius 2 is 2.14 bits per heavy atom. The average Bonchev–Trinajstić information content (AvgIpc) is 2.97. The van der Waals surface area contributed by atoms with Gasteiger partial charge in [0.2, 0.25) is 10.0 Å². The molecule has 0 spiro atoms. The van der Waals surface area contributed by atoms with Crippen LogP contribution in [0.1, 0.15) is 28.2 Å². The standard InChI is InChI=1S/C13H17N3O2S3/c1-9-7-19-12(6-15-10-2-3-10)13(9)21(17,18)16-5-11-4-14-8-20-11/h4,7-8,10,15-16H,2-3,5-6H2,1H3. The van der Waals surface area contributed by atoms with Crippen LogP contribution < -0.4 is 10.0 Å². The molecule has 0 aliphatic heterocycles. The van der Waals surface area contributed by atoms with E-state index in [-0.39, 0.29) is 6.54 Å². The third kappa shape index (κ3) is 3.70. The van der Waals surface area contributed by atoms with Gasteiger partial charge in [-0.1, -0.05) is 0 Å². The number of aromatic nitrogens is 1. The zero-order valence-corrected chi connectivity index (χ0v) is 14.1. The summed E-state index contributed by atoms with van der Waals surface area (Å²) in [4.78, 5) is 6.18. The summed E-state index contributed by atoms with van der Waals surface area (Å²) in [6.07, 6.45) is 4.06. The lowest BCUT2D eigenvalue weighted by Crippen LogP contribution is -2.25. The van der Waals surface area contributed by atoms with Crippen LogP contribution >= 0.6 is 22.7 Å². The normalized spacial score (nSPS) is 15.5. The predicted octanol–water partition coefficient (Wildman–Crippen LogP) is 2.24. The van der Waals surface area contributed by atoms with E-state index in [4.69, 9.17) is 0 Å². The van der Waals surface area contributed by atoms with Gasteiger partial charge in [-0.25, -0.2) is 13.1 Å². The molecule has 2 N–H and O–H groups in total. The molecule has 8 heteroatoms. The van der Waals surface area contributed by atoms with Crippen LogP contribution in [0, 0.1) is 6.92 Å². The van der Waals surface area contributed by atoms with E-state index < -0.39 is 10.0 Å². The van der Waals surface area contributed by atoms with E-state index in [9.17, 15) is 8.42 Å². The molecule has 0 aromatic carbocycles. The van der Waals surface area contributed by atoms with Crippen LogP contribution in [-0.4, -0.2) is 19.4 Å². The molecule has 2 aromatic heterocycles. The smallest absolute Gasteiger partial charge is 0.242 e. The summed E-state index contributed by atoms with van der Waals surface area (Å²) in [5.41, 5.74) is 2.51. The molecule has 2 heterocycles. The first kappa shape index (κ1) is 15.1. The summed E-state index contributed by atoms with van der Waals surface area (Å²) in [6.45, 7) is 2.76. The minimum absolute atomic E-state index is 0.289. The molecule has 0 unspecified atom stereocenters. The Labute approximate surface area is 132 Å². The van der Waals surface area contributed by atoms with Gasteiger partial charge in [0.05, 0.1) is 5.51 Å². The Balaban J connectivity index is 1.75. The third-order valence-corrected chi connectivity index (χ3v) is 6.95. The Morgan fingerprint density at radius 3 is 2.81 bits per heavy atom. The number of thiazole rings is 1. The number of hydrogen-bond donors (Lipinski definition) is 2. The summed E-state index contributed by atoms with van der Waals surface area (Å²) in [6, 6.07) is 0.563. The number of nitrogens with one attached hydrogen (secondary N) is 2. The molecule has 0 bridgehead atoms. The van der Waals surface area contributed by atoms with Gasteiger partial charge in [0.1, 0.15) is 4.90 Å². The molecule has 1 aliphatic rings. The fourth-order valence-electron chi connectivity index (χ4n) is 2.06. The van der Waals surface area contributed by atoms with Gasteiger partial charge < -0.3 is 5.32 Å². The van der Waals surface area contributed by atoms with Crippen LogP contribution in [0.2, 0.25) is 0 Å². The van der Waals surface area contributed by atoms with E-state index in [1.807, 2.05) is 12.3 Å². The summed E-state index contributed by atoms with van der Waals surface area (Å²) in [5, 5.41) is 5.29. The number of nitrogens with zero attached hydrogens (tertiary/aromatic N) is 1. The summed E-state index contributed by atoms with van der Waals surface area (Å²) < 4.78 is 27.8. The van der Waals surface area contributed by atoms with Crippen molar-refractivity contribution in [2.24, 2.45) is 0 Å². The molecule has 5 nitrogen and oxygen atoms in total. The van der Waals surface area contributed by atoms with Crippen LogP contribution in [0.25, 0.3) is 0 Å². The lowest BCUT2D eigenvalue weighted by molar-refractivity contribution is 0.579. The Bertz CT molecular complexity index is 703. The van der Waals surface area contributed by atoms with Crippen LogP contribution in [0.15, 0.2) is 22.0 Å². The van der Waals surface area contributed by atoms with Crippen LogP contribution in [0.5, 0.6) is 0 Å². The Kier molecular flexibility index (Phi) is 4.41. The van der Waals surface area contributed by atoms with E-state index >= 15 is 0 Å². The number of hydrogen-bond acceptors (Lipinski definition) is 6. The summed E-state index contributed by atoms with van der Waals surface area (Å²) in [7, 11) is -3.48. The first-order valence-electron chi connectivity index (χ1n) is 6.73. The van der Waals surface area contributed by atoms with Crippen molar-refractivity contribution in [3.63, 3.8) is 0 Å². The molecule has 1 fully saturated rings. The van der Waals surface area contributed by atoms with E-state index in [0.29, 0.717) is 17.5 Å². The largest absolute Gasteiger partial charge is 0.309 e. The second-order valence-electron chi connectivity index (χ2n) is 5.12. The number of sulfonamides is 1. The number of thiophene rings is 1. The van der Waals surface area contributed by atoms with Crippen molar-refractivity contribution in [1.29, 1.82) is 0 Å². The highest BCUT2D eigenvalue weighted by molar-refractivity contribution is 7.89. The first-order chi connectivity index (χ1) is 10.1. The lowest BCUT2D eigenvalue weighted by atomic mass is 10.3. The highest BCUT2D eigenvalue weighted by atomic mass is 32.2. The van der Waals surface area contributed by atoms with Gasteiger partial charge in [-0.15, -0.1) is 22.7 Å². The first-order valence-corrected chi connectivity index (χ1v) is 9.98. The van der Waals surface area contributed by atoms with Gasteiger partial charge in [0.25, 0.3) is 0 Å². The zero-order valence-electron chi connectivity index (χ0n) is 11.6. The molecule has 0 atom stereocenters. The van der Waals surface area contributed by atoms with Crippen molar-refractivity contribution in [1.82, 2.24) is 15.0 Å². The monoisotopic (exact) mass is 343 g/mol. The van der Waals surface area contributed by atoms with Crippen molar-refractivity contribution < 1.29 is 8.42 Å². The van der Waals surface area contributed by atoms with Gasteiger partial charge in [0.15, 0.2) is 0 Å². The summed E-state index contributed by atoms with van der Waals surface area (Å²) >= 11 is 2.95. The van der Waals surface area contributed by atoms with Crippen LogP contribution in [-0.2, 0) is 23.1 Å². The molecule has 0 radical (unpaired) electrons. The maximum Gasteiger partial charge on any atom is 0.242 e. The SMILES string of the molecule is Cc1csc(CNC2CC2)c1S(=O)(=O)NCc1cncs1. The Hall–Kier alpha value is -0.800. The quantitative estimate of drug-likeness (QED) is 0.809. The lowest BCUT2D eigenvalue weighted by Gasteiger charge is -2.09. The van der Waals surface area contributed by atoms with Crippen molar-refractivity contribution in [3.05, 3.63) is 32.4 Å². The van der Waals surface area contributed by atoms with E-state index in [1.54, 1.807) is 11.7 Å². The van der Waals surface area contributed by atoms with Crippen LogP contribution in [0.4, 0.5) is 0 Å². The average molecular weight is 343 g/mol. The van der Waals surface area contributed by atoms with Gasteiger partial charge in [-0.3, -0.25) is 4.98 Å². The van der Waals surface area contributed by atoms with E-state index in [2.05, 4.69) is 15.0 Å². The van der Waals surface area contributed by atoms with Gasteiger partial charge in [-0.2, -0.15) is 0 Å². The highest BCUT2D eigenvalue weighted by Gasteiger charge is 2.25. The van der Waals surface area contributed by atoms with Crippen molar-refractivity contribution in [3.8, 4) is 0 Å². The van der Waals surface area contributed by atoms with Gasteiger partial charge in [0, 0.05) is 35.1 Å². The molecule has 0 saturated heterocycles. The topological polar surface area (TPSA) is 71.1 Å². The second-order valence-corrected chi connectivity index (χ2v) is 8.76. The molecule has 2 aromatic rings. The van der Waals surface area contributed by atoms with Gasteiger partial charge in [-0.05, 0) is 30.7 Å². The zero-order chi connectivity index (χ0) is 14.9. The molecule has 21 heavy (non-hydrogen) atoms. The molecule has 1 saturated carbocycles. The highest BCUT2D eigenvalue weighted by Crippen LogP contribution is 2.28. The van der Waals surface area contributed by atoms with Crippen molar-refractivity contribution in [2.75, 3.05) is 0 Å². The summed E-state index contributed by atoms with van der Waals surface area (Å²) in [5.74, 6) is 0. The van der Waals surface area contributed by atoms with Gasteiger partial charge >= 0.3 is 0 Å². The predicted molar refractivity (Wildman–Crippen MR) is 85.1 cm³/mol. The molecule has 114 valence electrons. The fraction of sp³-hybridized carbons (Fsp3) is 0.462. The maximum atomic E-state index is 12.5. The number of rotatable bonds is 7. The molecule has 1 aliphatic carbocycles. The van der Waals surface area contributed by atoms with E-state index in [1.165, 1.54) is 35.5 Å². The molecule has 0 amide bonds. The van der Waals surface area contributed by atoms with Crippen molar-refractivity contribution in [2.45, 2.75) is 43.8 Å². The number of aryl methyl sites for hydroxylation is 1. The molecular formula is C13H17N3O2S3. The van der Waals surface area contributed by atoms with Crippen molar-refractivity contribution >= 4 is 32.7 Å². The maximum absolute atomic E-state index is 12.5. The molecular weight excluding hydrogens is 326 g/mol. The minimum Gasteiger partial charge on any atom is -0.309 e.